The highest BCUT2D eigenvalue weighted by Crippen LogP contribution is 2.20. The van der Waals surface area contributed by atoms with Gasteiger partial charge in [0.2, 0.25) is 0 Å². The average molecular weight is 187 g/mol. The second kappa shape index (κ2) is 3.78. The highest BCUT2D eigenvalue weighted by Gasteiger charge is 2.04. The van der Waals surface area contributed by atoms with Crippen molar-refractivity contribution in [2.75, 3.05) is 14.1 Å². The molecule has 1 rings (SSSR count). The zero-order chi connectivity index (χ0) is 9.14. The molecule has 0 aliphatic heterocycles. The standard InChI is InChI=1S/C9H12ClNO/c1-11(2)6-7-5-8(10)3-4-9(7)12/h3-5,12H,6H2,1-2H3/p+1. The van der Waals surface area contributed by atoms with Crippen molar-refractivity contribution in [3.05, 3.63) is 28.8 Å². The van der Waals surface area contributed by atoms with Gasteiger partial charge in [-0.3, -0.25) is 0 Å². The van der Waals surface area contributed by atoms with Gasteiger partial charge in [0.25, 0.3) is 0 Å². The van der Waals surface area contributed by atoms with Crippen molar-refractivity contribution in [1.29, 1.82) is 0 Å². The van der Waals surface area contributed by atoms with E-state index in [0.29, 0.717) is 10.8 Å². The van der Waals surface area contributed by atoms with Crippen LogP contribution in [0.2, 0.25) is 5.02 Å². The molecule has 0 aliphatic carbocycles. The molecule has 0 saturated carbocycles. The van der Waals surface area contributed by atoms with Crippen LogP contribution in [0.4, 0.5) is 0 Å². The third-order valence-corrected chi connectivity index (χ3v) is 1.82. The highest BCUT2D eigenvalue weighted by atomic mass is 35.5. The van der Waals surface area contributed by atoms with E-state index in [-0.39, 0.29) is 0 Å². The second-order valence-electron chi connectivity index (χ2n) is 3.16. The van der Waals surface area contributed by atoms with Crippen LogP contribution in [0.5, 0.6) is 5.75 Å². The lowest BCUT2D eigenvalue weighted by Crippen LogP contribution is -3.04. The third-order valence-electron chi connectivity index (χ3n) is 1.59. The Balaban J connectivity index is 2.90. The topological polar surface area (TPSA) is 24.7 Å². The fraction of sp³-hybridized carbons (Fsp3) is 0.333. The van der Waals surface area contributed by atoms with E-state index < -0.39 is 0 Å². The molecule has 0 aromatic heterocycles. The fourth-order valence-electron chi connectivity index (χ4n) is 1.08. The molecule has 0 heterocycles. The lowest BCUT2D eigenvalue weighted by atomic mass is 10.2. The maximum absolute atomic E-state index is 9.41. The van der Waals surface area contributed by atoms with E-state index in [2.05, 4.69) is 0 Å². The number of halogens is 1. The van der Waals surface area contributed by atoms with E-state index in [1.54, 1.807) is 18.2 Å². The van der Waals surface area contributed by atoms with Gasteiger partial charge >= 0.3 is 0 Å². The van der Waals surface area contributed by atoms with Gasteiger partial charge in [-0.2, -0.15) is 0 Å². The summed E-state index contributed by atoms with van der Waals surface area (Å²) in [4.78, 5) is 1.26. The van der Waals surface area contributed by atoms with Gasteiger partial charge in [-0.05, 0) is 18.2 Å². The first-order chi connectivity index (χ1) is 5.59. The Labute approximate surface area is 77.4 Å². The third kappa shape index (κ3) is 2.40. The number of benzene rings is 1. The normalized spacial score (nSPS) is 10.7. The minimum Gasteiger partial charge on any atom is -0.507 e. The number of phenolic OH excluding ortho intramolecular Hbond substituents is 1. The highest BCUT2D eigenvalue weighted by molar-refractivity contribution is 6.30. The molecule has 1 aromatic carbocycles. The van der Waals surface area contributed by atoms with Crippen LogP contribution in [0.15, 0.2) is 18.2 Å². The molecule has 12 heavy (non-hydrogen) atoms. The van der Waals surface area contributed by atoms with Crippen LogP contribution in [0.1, 0.15) is 5.56 Å². The first kappa shape index (κ1) is 9.36. The summed E-state index contributed by atoms with van der Waals surface area (Å²) in [5.74, 6) is 0.320. The minimum absolute atomic E-state index is 0.320. The number of aromatic hydroxyl groups is 1. The number of phenols is 1. The van der Waals surface area contributed by atoms with Crippen molar-refractivity contribution in [1.82, 2.24) is 0 Å². The van der Waals surface area contributed by atoms with E-state index in [4.69, 9.17) is 11.6 Å². The smallest absolute Gasteiger partial charge is 0.124 e. The van der Waals surface area contributed by atoms with Gasteiger partial charge in [0.15, 0.2) is 0 Å². The summed E-state index contributed by atoms with van der Waals surface area (Å²) in [7, 11) is 4.06. The molecule has 0 fully saturated rings. The molecule has 2 N–H and O–H groups in total. The summed E-state index contributed by atoms with van der Waals surface area (Å²) in [6.45, 7) is 0.784. The van der Waals surface area contributed by atoms with E-state index >= 15 is 0 Å². The van der Waals surface area contributed by atoms with Crippen LogP contribution in [0.25, 0.3) is 0 Å². The monoisotopic (exact) mass is 186 g/mol. The Kier molecular flexibility index (Phi) is 2.95. The van der Waals surface area contributed by atoms with Crippen LogP contribution in [0.3, 0.4) is 0 Å². The Hall–Kier alpha value is -0.730. The molecule has 1 aromatic rings. The Morgan fingerprint density at radius 1 is 1.42 bits per heavy atom. The predicted molar refractivity (Wildman–Crippen MR) is 49.6 cm³/mol. The molecule has 0 spiro atoms. The molecule has 0 bridgehead atoms. The van der Waals surface area contributed by atoms with Crippen LogP contribution in [-0.4, -0.2) is 19.2 Å². The van der Waals surface area contributed by atoms with E-state index in [1.807, 2.05) is 14.1 Å². The lowest BCUT2D eigenvalue weighted by molar-refractivity contribution is -0.872. The van der Waals surface area contributed by atoms with Crippen LogP contribution < -0.4 is 4.90 Å². The largest absolute Gasteiger partial charge is 0.507 e. The lowest BCUT2D eigenvalue weighted by Gasteiger charge is -2.08. The summed E-state index contributed by atoms with van der Waals surface area (Å²) in [5, 5.41) is 10.1. The maximum atomic E-state index is 9.41. The first-order valence-corrected chi connectivity index (χ1v) is 4.24. The minimum atomic E-state index is 0.320. The molecule has 0 unspecified atom stereocenters. The number of rotatable bonds is 2. The van der Waals surface area contributed by atoms with Gasteiger partial charge in [-0.15, -0.1) is 0 Å². The Bertz CT molecular complexity index is 273. The molecular formula is C9H13ClNO+. The van der Waals surface area contributed by atoms with Gasteiger partial charge < -0.3 is 10.0 Å². The van der Waals surface area contributed by atoms with Gasteiger partial charge in [0.1, 0.15) is 12.3 Å². The summed E-state index contributed by atoms with van der Waals surface area (Å²) >= 11 is 5.78. The second-order valence-corrected chi connectivity index (χ2v) is 3.59. The van der Waals surface area contributed by atoms with Crippen LogP contribution in [-0.2, 0) is 6.54 Å². The number of nitrogens with one attached hydrogen (secondary N) is 1. The molecule has 66 valence electrons. The molecular weight excluding hydrogens is 174 g/mol. The predicted octanol–water partition coefficient (Wildman–Crippen LogP) is 0.690. The number of quaternary nitrogens is 1. The van der Waals surface area contributed by atoms with Crippen molar-refractivity contribution in [2.24, 2.45) is 0 Å². The van der Waals surface area contributed by atoms with Crippen molar-refractivity contribution in [3.8, 4) is 5.75 Å². The molecule has 0 aliphatic rings. The SMILES string of the molecule is C[NH+](C)Cc1cc(Cl)ccc1O. The summed E-state index contributed by atoms with van der Waals surface area (Å²) < 4.78 is 0. The van der Waals surface area contributed by atoms with Crippen molar-refractivity contribution < 1.29 is 10.0 Å². The van der Waals surface area contributed by atoms with E-state index in [1.165, 1.54) is 4.90 Å². The number of hydrogen-bond acceptors (Lipinski definition) is 1. The first-order valence-electron chi connectivity index (χ1n) is 3.86. The summed E-state index contributed by atoms with van der Waals surface area (Å²) in [6.07, 6.45) is 0. The van der Waals surface area contributed by atoms with Crippen molar-refractivity contribution >= 4 is 11.6 Å². The van der Waals surface area contributed by atoms with E-state index in [0.717, 1.165) is 12.1 Å². The quantitative estimate of drug-likeness (QED) is 0.698. The van der Waals surface area contributed by atoms with Crippen LogP contribution >= 0.6 is 11.6 Å². The Morgan fingerprint density at radius 3 is 2.67 bits per heavy atom. The summed E-state index contributed by atoms with van der Waals surface area (Å²) in [6, 6.07) is 5.11. The zero-order valence-electron chi connectivity index (χ0n) is 7.26. The molecule has 0 saturated heterocycles. The van der Waals surface area contributed by atoms with E-state index in [9.17, 15) is 5.11 Å². The summed E-state index contributed by atoms with van der Waals surface area (Å²) in [5.41, 5.74) is 0.891. The molecule has 0 atom stereocenters. The zero-order valence-corrected chi connectivity index (χ0v) is 8.02. The van der Waals surface area contributed by atoms with Crippen LogP contribution in [0, 0.1) is 0 Å². The van der Waals surface area contributed by atoms with Gasteiger partial charge in [0, 0.05) is 10.6 Å². The van der Waals surface area contributed by atoms with Gasteiger partial charge in [-0.25, -0.2) is 0 Å². The van der Waals surface area contributed by atoms with Crippen molar-refractivity contribution in [3.63, 3.8) is 0 Å². The Morgan fingerprint density at radius 2 is 2.08 bits per heavy atom. The van der Waals surface area contributed by atoms with Gasteiger partial charge in [-0.1, -0.05) is 11.6 Å². The van der Waals surface area contributed by atoms with Gasteiger partial charge in [0.05, 0.1) is 14.1 Å². The molecule has 0 radical (unpaired) electrons. The molecule has 3 heteroatoms. The molecule has 2 nitrogen and oxygen atoms in total. The maximum Gasteiger partial charge on any atom is 0.124 e. The fourth-order valence-corrected chi connectivity index (χ4v) is 1.27. The number of hydrogen-bond donors (Lipinski definition) is 2. The molecule has 0 amide bonds. The average Bonchev–Trinajstić information content (AvgIpc) is 1.96. The van der Waals surface area contributed by atoms with Crippen molar-refractivity contribution in [2.45, 2.75) is 6.54 Å².